The van der Waals surface area contributed by atoms with Crippen LogP contribution in [-0.2, 0) is 0 Å². The average molecular weight is 375 g/mol. The zero-order valence-corrected chi connectivity index (χ0v) is 18.0. The normalized spacial score (nSPS) is 46.7. The van der Waals surface area contributed by atoms with Gasteiger partial charge >= 0.3 is 0 Å². The van der Waals surface area contributed by atoms with E-state index in [1.807, 2.05) is 0 Å². The lowest BCUT2D eigenvalue weighted by Gasteiger charge is -2.43. The fourth-order valence-corrected chi connectivity index (χ4v) is 7.16. The maximum Gasteiger partial charge on any atom is 0.103 e. The maximum absolute atomic E-state index is 15.1. The zero-order valence-electron chi connectivity index (χ0n) is 18.0. The first-order chi connectivity index (χ1) is 13.1. The molecule has 27 heavy (non-hydrogen) atoms. The number of hydrogen-bond donors (Lipinski definition) is 0. The summed E-state index contributed by atoms with van der Waals surface area (Å²) in [5.41, 5.74) is 1.78. The maximum atomic E-state index is 15.1. The van der Waals surface area contributed by atoms with Crippen LogP contribution in [0.15, 0.2) is 11.6 Å². The van der Waals surface area contributed by atoms with E-state index in [0.717, 1.165) is 30.1 Å². The van der Waals surface area contributed by atoms with Crippen LogP contribution >= 0.6 is 0 Å². The first kappa shape index (κ1) is 20.0. The van der Waals surface area contributed by atoms with Gasteiger partial charge in [0, 0.05) is 0 Å². The molecular formula is C26H43F. The molecular weight excluding hydrogens is 331 g/mol. The SMILES string of the molecule is CC1CC=C(C2CCC(C3CCC(C4CCC(C)CC4)C(F)C3)CC2)CC1. The summed E-state index contributed by atoms with van der Waals surface area (Å²) in [5.74, 6) is 5.28. The predicted molar refractivity (Wildman–Crippen MR) is 113 cm³/mol. The fraction of sp³-hybridized carbons (Fsp3) is 0.923. The third-order valence-electron chi connectivity index (χ3n) is 9.20. The van der Waals surface area contributed by atoms with Crippen LogP contribution in [-0.4, -0.2) is 6.17 Å². The van der Waals surface area contributed by atoms with Gasteiger partial charge in [0.15, 0.2) is 0 Å². The van der Waals surface area contributed by atoms with Crippen molar-refractivity contribution < 1.29 is 4.39 Å². The summed E-state index contributed by atoms with van der Waals surface area (Å²) in [6.07, 6.45) is 20.4. The fourth-order valence-electron chi connectivity index (χ4n) is 7.16. The van der Waals surface area contributed by atoms with Crippen molar-refractivity contribution in [2.75, 3.05) is 0 Å². The first-order valence-electron chi connectivity index (χ1n) is 12.4. The Morgan fingerprint density at radius 3 is 2.00 bits per heavy atom. The topological polar surface area (TPSA) is 0 Å². The first-order valence-corrected chi connectivity index (χ1v) is 12.4. The molecule has 0 heterocycles. The molecule has 0 saturated heterocycles. The summed E-state index contributed by atoms with van der Waals surface area (Å²) >= 11 is 0. The molecule has 3 saturated carbocycles. The molecule has 0 aliphatic heterocycles. The van der Waals surface area contributed by atoms with Gasteiger partial charge in [-0.05, 0) is 118 Å². The van der Waals surface area contributed by atoms with Crippen molar-refractivity contribution in [2.24, 2.45) is 41.4 Å². The number of alkyl halides is 1. The van der Waals surface area contributed by atoms with E-state index in [1.165, 1.54) is 83.5 Å². The van der Waals surface area contributed by atoms with E-state index in [4.69, 9.17) is 0 Å². The average Bonchev–Trinajstić information content (AvgIpc) is 2.69. The molecule has 0 aromatic carbocycles. The Kier molecular flexibility index (Phi) is 6.65. The van der Waals surface area contributed by atoms with Crippen LogP contribution < -0.4 is 0 Å². The van der Waals surface area contributed by atoms with Gasteiger partial charge in [-0.15, -0.1) is 0 Å². The minimum absolute atomic E-state index is 0.402. The van der Waals surface area contributed by atoms with Gasteiger partial charge < -0.3 is 0 Å². The largest absolute Gasteiger partial charge is 0.247 e. The van der Waals surface area contributed by atoms with Gasteiger partial charge in [-0.3, -0.25) is 0 Å². The summed E-state index contributed by atoms with van der Waals surface area (Å²) < 4.78 is 15.1. The third-order valence-corrected chi connectivity index (χ3v) is 9.20. The van der Waals surface area contributed by atoms with Crippen LogP contribution in [0, 0.1) is 41.4 Å². The number of hydrogen-bond acceptors (Lipinski definition) is 0. The molecule has 4 aliphatic rings. The minimum atomic E-state index is -0.498. The molecule has 1 heteroatoms. The van der Waals surface area contributed by atoms with Crippen molar-refractivity contribution in [3.63, 3.8) is 0 Å². The van der Waals surface area contributed by atoms with Crippen molar-refractivity contribution in [3.05, 3.63) is 11.6 Å². The lowest BCUT2D eigenvalue weighted by atomic mass is 9.64. The van der Waals surface area contributed by atoms with Crippen molar-refractivity contribution in [3.8, 4) is 0 Å². The van der Waals surface area contributed by atoms with Gasteiger partial charge in [-0.2, -0.15) is 0 Å². The molecule has 0 N–H and O–H groups in total. The van der Waals surface area contributed by atoms with Gasteiger partial charge in [-0.1, -0.05) is 38.3 Å². The summed E-state index contributed by atoms with van der Waals surface area (Å²) in [4.78, 5) is 0. The van der Waals surface area contributed by atoms with Gasteiger partial charge in [-0.25, -0.2) is 4.39 Å². The van der Waals surface area contributed by atoms with E-state index in [2.05, 4.69) is 19.9 Å². The molecule has 4 unspecified atom stereocenters. The number of halogens is 1. The Morgan fingerprint density at radius 2 is 1.37 bits per heavy atom. The molecule has 4 aliphatic carbocycles. The molecule has 0 aromatic rings. The third kappa shape index (κ3) is 4.81. The highest BCUT2D eigenvalue weighted by Crippen LogP contribution is 2.48. The molecule has 4 atom stereocenters. The molecule has 4 rings (SSSR count). The van der Waals surface area contributed by atoms with Gasteiger partial charge in [0.05, 0.1) is 0 Å². The van der Waals surface area contributed by atoms with Crippen LogP contribution in [0.2, 0.25) is 0 Å². The Morgan fingerprint density at radius 1 is 0.704 bits per heavy atom. The van der Waals surface area contributed by atoms with E-state index in [9.17, 15) is 0 Å². The molecule has 0 amide bonds. The van der Waals surface area contributed by atoms with Gasteiger partial charge in [0.2, 0.25) is 0 Å². The molecule has 0 spiro atoms. The van der Waals surface area contributed by atoms with E-state index in [0.29, 0.717) is 17.8 Å². The summed E-state index contributed by atoms with van der Waals surface area (Å²) in [6, 6.07) is 0. The van der Waals surface area contributed by atoms with Crippen LogP contribution in [0.4, 0.5) is 4.39 Å². The molecule has 0 radical (unpaired) electrons. The summed E-state index contributed by atoms with van der Waals surface area (Å²) in [7, 11) is 0. The Bertz CT molecular complexity index is 492. The molecule has 0 bridgehead atoms. The monoisotopic (exact) mass is 374 g/mol. The van der Waals surface area contributed by atoms with E-state index >= 15 is 4.39 Å². The van der Waals surface area contributed by atoms with Crippen molar-refractivity contribution in [1.82, 2.24) is 0 Å². The summed E-state index contributed by atoms with van der Waals surface area (Å²) in [6.45, 7) is 4.77. The quantitative estimate of drug-likeness (QED) is 0.437. The van der Waals surface area contributed by atoms with Crippen molar-refractivity contribution >= 4 is 0 Å². The zero-order chi connectivity index (χ0) is 18.8. The smallest absolute Gasteiger partial charge is 0.103 e. The highest BCUT2D eigenvalue weighted by atomic mass is 19.1. The molecule has 0 nitrogen and oxygen atoms in total. The van der Waals surface area contributed by atoms with E-state index in [-0.39, 0.29) is 0 Å². The van der Waals surface area contributed by atoms with Crippen molar-refractivity contribution in [1.29, 1.82) is 0 Å². The highest BCUT2D eigenvalue weighted by Gasteiger charge is 2.40. The minimum Gasteiger partial charge on any atom is -0.247 e. The van der Waals surface area contributed by atoms with Crippen LogP contribution in [0.3, 0.4) is 0 Å². The Hall–Kier alpha value is -0.330. The molecule has 0 aromatic heterocycles. The second kappa shape index (κ2) is 9.00. The standard InChI is InChI=1S/C26H43F/c1-18-3-7-20(8-4-18)21-11-13-22(14-12-21)24-15-16-25(26(27)17-24)23-9-5-19(2)6-10-23/h7,18-19,21-26H,3-6,8-17H2,1-2H3. The van der Waals surface area contributed by atoms with Crippen LogP contribution in [0.25, 0.3) is 0 Å². The summed E-state index contributed by atoms with van der Waals surface area (Å²) in [5, 5.41) is 0. The molecule has 154 valence electrons. The lowest BCUT2D eigenvalue weighted by molar-refractivity contribution is 0.0352. The molecule has 3 fully saturated rings. The van der Waals surface area contributed by atoms with Crippen LogP contribution in [0.5, 0.6) is 0 Å². The number of rotatable bonds is 3. The predicted octanol–water partition coefficient (Wildman–Crippen LogP) is 8.12. The number of allylic oxidation sites excluding steroid dienone is 2. The Labute approximate surface area is 167 Å². The van der Waals surface area contributed by atoms with E-state index in [1.54, 1.807) is 5.57 Å². The van der Waals surface area contributed by atoms with Gasteiger partial charge in [0.1, 0.15) is 6.17 Å². The second-order valence-electron chi connectivity index (χ2n) is 11.0. The van der Waals surface area contributed by atoms with Crippen LogP contribution in [0.1, 0.15) is 104 Å². The van der Waals surface area contributed by atoms with Gasteiger partial charge in [0.25, 0.3) is 0 Å². The van der Waals surface area contributed by atoms with E-state index < -0.39 is 6.17 Å². The highest BCUT2D eigenvalue weighted by molar-refractivity contribution is 5.11. The van der Waals surface area contributed by atoms with Crippen molar-refractivity contribution in [2.45, 2.75) is 110 Å². The Balaban J connectivity index is 1.24. The second-order valence-corrected chi connectivity index (χ2v) is 11.0. The lowest BCUT2D eigenvalue weighted by Crippen LogP contribution is -2.36.